The number of aromatic nitrogens is 2. The standard InChI is InChI=1S/C14H17Cl2N3O2/c15-11-8-18-19(14(21)13(11)16)9-12(20)17-7-6-10-4-2-1-3-5-10/h4,8H,1-3,5-7,9H2,(H,17,20). The molecular weight excluding hydrogens is 313 g/mol. The number of rotatable bonds is 5. The van der Waals surface area contributed by atoms with Gasteiger partial charge < -0.3 is 5.32 Å². The molecule has 0 spiro atoms. The van der Waals surface area contributed by atoms with Crippen molar-refractivity contribution < 1.29 is 4.79 Å². The molecule has 1 aliphatic rings. The molecule has 21 heavy (non-hydrogen) atoms. The molecule has 0 bridgehead atoms. The molecule has 0 aliphatic heterocycles. The van der Waals surface area contributed by atoms with Gasteiger partial charge in [-0.1, -0.05) is 34.9 Å². The number of hydrogen-bond donors (Lipinski definition) is 1. The lowest BCUT2D eigenvalue weighted by Crippen LogP contribution is -2.34. The maximum Gasteiger partial charge on any atom is 0.287 e. The van der Waals surface area contributed by atoms with Crippen LogP contribution < -0.4 is 10.9 Å². The lowest BCUT2D eigenvalue weighted by atomic mass is 9.97. The van der Waals surface area contributed by atoms with E-state index in [4.69, 9.17) is 23.2 Å². The maximum atomic E-state index is 11.8. The van der Waals surface area contributed by atoms with E-state index >= 15 is 0 Å². The Hall–Kier alpha value is -1.33. The highest BCUT2D eigenvalue weighted by molar-refractivity contribution is 6.41. The molecule has 0 radical (unpaired) electrons. The summed E-state index contributed by atoms with van der Waals surface area (Å²) in [6, 6.07) is 0. The van der Waals surface area contributed by atoms with Gasteiger partial charge in [0.2, 0.25) is 5.91 Å². The van der Waals surface area contributed by atoms with Crippen LogP contribution in [-0.2, 0) is 11.3 Å². The van der Waals surface area contributed by atoms with Crippen molar-refractivity contribution in [3.05, 3.63) is 38.2 Å². The summed E-state index contributed by atoms with van der Waals surface area (Å²) in [5.41, 5.74) is 0.834. The molecule has 7 heteroatoms. The molecule has 0 fully saturated rings. The van der Waals surface area contributed by atoms with Gasteiger partial charge in [-0.2, -0.15) is 5.10 Å². The van der Waals surface area contributed by atoms with E-state index < -0.39 is 5.56 Å². The highest BCUT2D eigenvalue weighted by Crippen LogP contribution is 2.19. The number of nitrogens with one attached hydrogen (secondary N) is 1. The Labute approximate surface area is 132 Å². The molecule has 114 valence electrons. The minimum atomic E-state index is -0.561. The van der Waals surface area contributed by atoms with Crippen LogP contribution in [-0.4, -0.2) is 22.2 Å². The average Bonchev–Trinajstić information content (AvgIpc) is 2.49. The van der Waals surface area contributed by atoms with Crippen LogP contribution in [0.25, 0.3) is 0 Å². The summed E-state index contributed by atoms with van der Waals surface area (Å²) in [6.45, 7) is 0.412. The van der Waals surface area contributed by atoms with Crippen molar-refractivity contribution in [2.75, 3.05) is 6.54 Å². The Kier molecular flexibility index (Phi) is 5.82. The second-order valence-corrected chi connectivity index (χ2v) is 5.76. The Bertz CT molecular complexity index is 611. The number of carbonyl (C=O) groups excluding carboxylic acids is 1. The van der Waals surface area contributed by atoms with E-state index in [-0.39, 0.29) is 22.5 Å². The number of nitrogens with zero attached hydrogens (tertiary/aromatic N) is 2. The molecule has 0 saturated carbocycles. The third kappa shape index (κ3) is 4.58. The molecule has 5 nitrogen and oxygen atoms in total. The summed E-state index contributed by atoms with van der Waals surface area (Å²) in [5, 5.41) is 6.54. The van der Waals surface area contributed by atoms with E-state index in [0.717, 1.165) is 23.9 Å². The van der Waals surface area contributed by atoms with E-state index in [0.29, 0.717) is 6.54 Å². The smallest absolute Gasteiger partial charge is 0.287 e. The van der Waals surface area contributed by atoms with Crippen LogP contribution in [0.3, 0.4) is 0 Å². The van der Waals surface area contributed by atoms with Gasteiger partial charge in [0.25, 0.3) is 5.56 Å². The van der Waals surface area contributed by atoms with Gasteiger partial charge in [-0.15, -0.1) is 0 Å². The van der Waals surface area contributed by atoms with Gasteiger partial charge in [-0.25, -0.2) is 4.68 Å². The summed E-state index contributed by atoms with van der Waals surface area (Å²) < 4.78 is 1.00. The van der Waals surface area contributed by atoms with Gasteiger partial charge in [0, 0.05) is 6.54 Å². The topological polar surface area (TPSA) is 64.0 Å². The molecule has 1 aromatic rings. The van der Waals surface area contributed by atoms with Crippen molar-refractivity contribution in [3.63, 3.8) is 0 Å². The van der Waals surface area contributed by atoms with Gasteiger partial charge >= 0.3 is 0 Å². The third-order valence-corrected chi connectivity index (χ3v) is 4.14. The van der Waals surface area contributed by atoms with E-state index in [1.165, 1.54) is 24.6 Å². The predicted molar refractivity (Wildman–Crippen MR) is 82.7 cm³/mol. The largest absolute Gasteiger partial charge is 0.354 e. The first-order valence-electron chi connectivity index (χ1n) is 6.93. The SMILES string of the molecule is O=C(Cn1ncc(Cl)c(Cl)c1=O)NCCC1=CCCCC1. The predicted octanol–water partition coefficient (Wildman–Crippen LogP) is 2.56. The highest BCUT2D eigenvalue weighted by atomic mass is 35.5. The number of hydrogen-bond acceptors (Lipinski definition) is 3. The quantitative estimate of drug-likeness (QED) is 0.844. The number of allylic oxidation sites excluding steroid dienone is 1. The number of halogens is 2. The van der Waals surface area contributed by atoms with Crippen molar-refractivity contribution in [1.82, 2.24) is 15.1 Å². The van der Waals surface area contributed by atoms with Gasteiger partial charge in [0.1, 0.15) is 11.6 Å². The zero-order chi connectivity index (χ0) is 15.2. The van der Waals surface area contributed by atoms with Crippen molar-refractivity contribution in [3.8, 4) is 0 Å². The third-order valence-electron chi connectivity index (χ3n) is 3.39. The summed E-state index contributed by atoms with van der Waals surface area (Å²) in [7, 11) is 0. The Balaban J connectivity index is 1.83. The molecule has 2 rings (SSSR count). The Morgan fingerprint density at radius 1 is 1.38 bits per heavy atom. The molecule has 0 saturated heterocycles. The van der Waals surface area contributed by atoms with Crippen molar-refractivity contribution in [2.24, 2.45) is 0 Å². The monoisotopic (exact) mass is 329 g/mol. The van der Waals surface area contributed by atoms with Crippen molar-refractivity contribution in [2.45, 2.75) is 38.6 Å². The first-order chi connectivity index (χ1) is 10.1. The van der Waals surface area contributed by atoms with Gasteiger partial charge in [-0.05, 0) is 32.1 Å². The van der Waals surface area contributed by atoms with Gasteiger partial charge in [0.15, 0.2) is 0 Å². The Morgan fingerprint density at radius 3 is 2.90 bits per heavy atom. The minimum absolute atomic E-state index is 0.0857. The fourth-order valence-electron chi connectivity index (χ4n) is 2.24. The second kappa shape index (κ2) is 7.61. The average molecular weight is 330 g/mol. The zero-order valence-electron chi connectivity index (χ0n) is 11.6. The molecule has 1 aliphatic carbocycles. The van der Waals surface area contributed by atoms with Crippen LogP contribution in [0.1, 0.15) is 32.1 Å². The van der Waals surface area contributed by atoms with Crippen LogP contribution >= 0.6 is 23.2 Å². The molecule has 1 N–H and O–H groups in total. The van der Waals surface area contributed by atoms with Crippen molar-refractivity contribution in [1.29, 1.82) is 0 Å². The first-order valence-corrected chi connectivity index (χ1v) is 7.69. The fraction of sp³-hybridized carbons (Fsp3) is 0.500. The lowest BCUT2D eigenvalue weighted by molar-refractivity contribution is -0.121. The van der Waals surface area contributed by atoms with Crippen LogP contribution in [0, 0.1) is 0 Å². The maximum absolute atomic E-state index is 11.8. The molecule has 1 aromatic heterocycles. The highest BCUT2D eigenvalue weighted by Gasteiger charge is 2.11. The van der Waals surface area contributed by atoms with E-state index in [2.05, 4.69) is 16.5 Å². The lowest BCUT2D eigenvalue weighted by Gasteiger charge is -2.13. The molecule has 0 aromatic carbocycles. The fourth-order valence-corrected chi connectivity index (χ4v) is 2.51. The molecule has 1 amide bonds. The normalized spacial score (nSPS) is 14.7. The summed E-state index contributed by atoms with van der Waals surface area (Å²) >= 11 is 11.4. The van der Waals surface area contributed by atoms with E-state index in [9.17, 15) is 9.59 Å². The first kappa shape index (κ1) is 16.0. The van der Waals surface area contributed by atoms with E-state index in [1.54, 1.807) is 0 Å². The second-order valence-electron chi connectivity index (χ2n) is 4.98. The van der Waals surface area contributed by atoms with Crippen LogP contribution in [0.2, 0.25) is 10.0 Å². The summed E-state index contributed by atoms with van der Waals surface area (Å²) in [4.78, 5) is 23.5. The molecule has 0 unspecified atom stereocenters. The molecule has 1 heterocycles. The van der Waals surface area contributed by atoms with Gasteiger partial charge in [0.05, 0.1) is 11.2 Å². The number of carbonyl (C=O) groups is 1. The zero-order valence-corrected chi connectivity index (χ0v) is 13.1. The molecular formula is C14H17Cl2N3O2. The van der Waals surface area contributed by atoms with Crippen molar-refractivity contribution >= 4 is 29.1 Å². The van der Waals surface area contributed by atoms with E-state index in [1.807, 2.05) is 0 Å². The molecule has 0 atom stereocenters. The van der Waals surface area contributed by atoms with Gasteiger partial charge in [-0.3, -0.25) is 9.59 Å². The van der Waals surface area contributed by atoms with Crippen LogP contribution in [0.5, 0.6) is 0 Å². The van der Waals surface area contributed by atoms with Crippen LogP contribution in [0.4, 0.5) is 0 Å². The summed E-state index contributed by atoms with van der Waals surface area (Å²) in [6.07, 6.45) is 9.08. The minimum Gasteiger partial charge on any atom is -0.354 e. The van der Waals surface area contributed by atoms with Crippen LogP contribution in [0.15, 0.2) is 22.6 Å². The Morgan fingerprint density at radius 2 is 2.19 bits per heavy atom. The number of amides is 1. The summed E-state index contributed by atoms with van der Waals surface area (Å²) in [5.74, 6) is -0.264.